The van der Waals surface area contributed by atoms with E-state index < -0.39 is 0 Å². The van der Waals surface area contributed by atoms with Gasteiger partial charge in [-0.25, -0.2) is 0 Å². The molecule has 1 aromatic carbocycles. The number of aromatic nitrogens is 2. The Labute approximate surface area is 162 Å². The molecule has 0 atom stereocenters. The van der Waals surface area contributed by atoms with E-state index in [-0.39, 0.29) is 11.3 Å². The van der Waals surface area contributed by atoms with E-state index in [2.05, 4.69) is 52.5 Å². The minimum Gasteiger partial charge on any atom is -0.385 e. The van der Waals surface area contributed by atoms with E-state index in [1.165, 1.54) is 10.9 Å². The van der Waals surface area contributed by atoms with Gasteiger partial charge in [0.2, 0.25) is 5.91 Å². The maximum absolute atomic E-state index is 12.2. The fourth-order valence-corrected chi connectivity index (χ4v) is 3.73. The molecule has 0 spiro atoms. The van der Waals surface area contributed by atoms with Crippen LogP contribution < -0.4 is 10.6 Å². The van der Waals surface area contributed by atoms with Crippen molar-refractivity contribution in [2.45, 2.75) is 72.4 Å². The number of nitrogens with one attached hydrogen (secondary N) is 2. The molecule has 1 aliphatic rings. The lowest BCUT2D eigenvalue weighted by Gasteiger charge is -2.31. The summed E-state index contributed by atoms with van der Waals surface area (Å²) >= 11 is 0. The van der Waals surface area contributed by atoms with Gasteiger partial charge in [-0.3, -0.25) is 9.48 Å². The lowest BCUT2D eigenvalue weighted by atomic mass is 9.85. The summed E-state index contributed by atoms with van der Waals surface area (Å²) < 4.78 is 2.07. The maximum atomic E-state index is 12.2. The predicted molar refractivity (Wildman–Crippen MR) is 112 cm³/mol. The zero-order valence-corrected chi connectivity index (χ0v) is 17.4. The molecule has 5 nitrogen and oxygen atoms in total. The number of rotatable bonds is 5. The van der Waals surface area contributed by atoms with Crippen molar-refractivity contribution in [2.24, 2.45) is 11.3 Å². The molecule has 1 aromatic heterocycles. The molecular weight excluding hydrogens is 336 g/mol. The fraction of sp³-hybridized carbons (Fsp3) is 0.636. The van der Waals surface area contributed by atoms with Crippen LogP contribution in [0.3, 0.4) is 0 Å². The molecule has 2 N–H and O–H groups in total. The molecule has 0 aliphatic heterocycles. The van der Waals surface area contributed by atoms with Gasteiger partial charge in [0.25, 0.3) is 0 Å². The Morgan fingerprint density at radius 2 is 1.93 bits per heavy atom. The number of carbonyl (C=O) groups excluding carboxylic acids is 1. The summed E-state index contributed by atoms with van der Waals surface area (Å²) in [6.45, 7) is 11.2. The van der Waals surface area contributed by atoms with E-state index in [0.29, 0.717) is 18.0 Å². The van der Waals surface area contributed by atoms with Crippen molar-refractivity contribution < 1.29 is 4.79 Å². The summed E-state index contributed by atoms with van der Waals surface area (Å²) in [4.78, 5) is 12.2. The highest BCUT2D eigenvalue weighted by molar-refractivity contribution is 5.82. The van der Waals surface area contributed by atoms with Crippen LogP contribution in [-0.2, 0) is 4.79 Å². The van der Waals surface area contributed by atoms with E-state index in [1.54, 1.807) is 0 Å². The van der Waals surface area contributed by atoms with Crippen LogP contribution in [-0.4, -0.2) is 28.3 Å². The molecule has 5 heteroatoms. The zero-order valence-electron chi connectivity index (χ0n) is 17.4. The molecule has 0 radical (unpaired) electrons. The fourth-order valence-electron chi connectivity index (χ4n) is 3.73. The average molecular weight is 371 g/mol. The van der Waals surface area contributed by atoms with Crippen molar-refractivity contribution in [2.75, 3.05) is 11.9 Å². The minimum atomic E-state index is -0.306. The molecule has 1 saturated carbocycles. The number of nitrogens with zero attached hydrogens (tertiary/aromatic N) is 2. The highest BCUT2D eigenvalue weighted by Gasteiger charge is 2.27. The molecule has 0 unspecified atom stereocenters. The predicted octanol–water partition coefficient (Wildman–Crippen LogP) is 4.75. The van der Waals surface area contributed by atoms with Gasteiger partial charge in [0.15, 0.2) is 0 Å². The summed E-state index contributed by atoms with van der Waals surface area (Å²) in [7, 11) is 0. The van der Waals surface area contributed by atoms with Crippen LogP contribution in [0.25, 0.3) is 10.9 Å². The summed E-state index contributed by atoms with van der Waals surface area (Å²) in [5.41, 5.74) is 2.04. The second-order valence-corrected chi connectivity index (χ2v) is 9.28. The maximum Gasteiger partial charge on any atom is 0.225 e. The van der Waals surface area contributed by atoms with Crippen LogP contribution in [0.4, 0.5) is 5.69 Å². The van der Waals surface area contributed by atoms with Crippen LogP contribution >= 0.6 is 0 Å². The van der Waals surface area contributed by atoms with E-state index in [0.717, 1.165) is 37.9 Å². The number of fused-ring (bicyclic) bond motifs is 1. The Morgan fingerprint density at radius 1 is 1.22 bits per heavy atom. The van der Waals surface area contributed by atoms with Crippen molar-refractivity contribution in [3.63, 3.8) is 0 Å². The Bertz CT molecular complexity index is 779. The van der Waals surface area contributed by atoms with Crippen molar-refractivity contribution in [1.82, 2.24) is 15.1 Å². The monoisotopic (exact) mass is 370 g/mol. The Morgan fingerprint density at radius 3 is 2.56 bits per heavy atom. The Hall–Kier alpha value is -2.04. The highest BCUT2D eigenvalue weighted by atomic mass is 16.2. The average Bonchev–Trinajstić information content (AvgIpc) is 3.03. The molecular formula is C22H34N4O. The third-order valence-corrected chi connectivity index (χ3v) is 5.55. The smallest absolute Gasteiger partial charge is 0.225 e. The number of amides is 1. The number of anilines is 1. The minimum absolute atomic E-state index is 0.166. The topological polar surface area (TPSA) is 59.0 Å². The van der Waals surface area contributed by atoms with Crippen molar-refractivity contribution in [1.29, 1.82) is 0 Å². The van der Waals surface area contributed by atoms with Gasteiger partial charge in [0.05, 0.1) is 11.7 Å². The molecule has 2 aromatic rings. The second kappa shape index (κ2) is 7.91. The van der Waals surface area contributed by atoms with E-state index in [9.17, 15) is 4.79 Å². The van der Waals surface area contributed by atoms with Gasteiger partial charge in [-0.1, -0.05) is 20.8 Å². The number of carbonyl (C=O) groups is 1. The van der Waals surface area contributed by atoms with Crippen LogP contribution in [0.15, 0.2) is 24.4 Å². The van der Waals surface area contributed by atoms with Gasteiger partial charge in [-0.05, 0) is 63.6 Å². The van der Waals surface area contributed by atoms with E-state index >= 15 is 0 Å². The lowest BCUT2D eigenvalue weighted by molar-refractivity contribution is -0.129. The third kappa shape index (κ3) is 4.82. The van der Waals surface area contributed by atoms with Gasteiger partial charge in [-0.2, -0.15) is 5.10 Å². The van der Waals surface area contributed by atoms with Gasteiger partial charge < -0.3 is 10.6 Å². The van der Waals surface area contributed by atoms with Crippen molar-refractivity contribution in [3.05, 3.63) is 24.4 Å². The summed E-state index contributed by atoms with van der Waals surface area (Å²) in [6.07, 6.45) is 6.41. The first kappa shape index (κ1) is 19.7. The number of hydrogen-bond donors (Lipinski definition) is 2. The summed E-state index contributed by atoms with van der Waals surface area (Å²) in [5, 5.41) is 12.5. The third-order valence-electron chi connectivity index (χ3n) is 5.55. The molecule has 1 aliphatic carbocycles. The first-order valence-corrected chi connectivity index (χ1v) is 10.3. The van der Waals surface area contributed by atoms with Crippen molar-refractivity contribution >= 4 is 22.5 Å². The van der Waals surface area contributed by atoms with E-state index in [4.69, 9.17) is 0 Å². The zero-order chi connectivity index (χ0) is 19.6. The SMILES string of the molecule is CC(C)n1ncc2ccc(NC[C@H]3CC[C@H](NC(=O)C(C)(C)C)CC3)cc21. The largest absolute Gasteiger partial charge is 0.385 e. The van der Waals surface area contributed by atoms with Crippen LogP contribution in [0, 0.1) is 11.3 Å². The number of hydrogen-bond acceptors (Lipinski definition) is 3. The second-order valence-electron chi connectivity index (χ2n) is 9.28. The molecule has 0 saturated heterocycles. The summed E-state index contributed by atoms with van der Waals surface area (Å²) in [6, 6.07) is 7.19. The summed E-state index contributed by atoms with van der Waals surface area (Å²) in [5.74, 6) is 0.831. The first-order chi connectivity index (χ1) is 12.7. The molecule has 148 valence electrons. The molecule has 27 heavy (non-hydrogen) atoms. The lowest BCUT2D eigenvalue weighted by Crippen LogP contribution is -2.43. The molecule has 0 bridgehead atoms. The number of benzene rings is 1. The van der Waals surface area contributed by atoms with Crippen LogP contribution in [0.5, 0.6) is 0 Å². The van der Waals surface area contributed by atoms with E-state index in [1.807, 2.05) is 27.0 Å². The van der Waals surface area contributed by atoms with Gasteiger partial charge >= 0.3 is 0 Å². The first-order valence-electron chi connectivity index (χ1n) is 10.3. The molecule has 3 rings (SSSR count). The van der Waals surface area contributed by atoms with Crippen molar-refractivity contribution in [3.8, 4) is 0 Å². The van der Waals surface area contributed by atoms with Gasteiger partial charge in [0, 0.05) is 35.1 Å². The van der Waals surface area contributed by atoms with Gasteiger partial charge in [-0.15, -0.1) is 0 Å². The van der Waals surface area contributed by atoms with Crippen LogP contribution in [0.1, 0.15) is 66.3 Å². The Balaban J connectivity index is 1.51. The molecule has 1 amide bonds. The Kier molecular flexibility index (Phi) is 5.78. The normalized spacial score (nSPS) is 20.8. The highest BCUT2D eigenvalue weighted by Crippen LogP contribution is 2.27. The molecule has 1 heterocycles. The van der Waals surface area contributed by atoms with Gasteiger partial charge in [0.1, 0.15) is 0 Å². The van der Waals surface area contributed by atoms with Crippen LogP contribution in [0.2, 0.25) is 0 Å². The standard InChI is InChI=1S/C22H34N4O/c1-15(2)26-20-12-19(11-8-17(20)14-24-26)23-13-16-6-9-18(10-7-16)25-21(27)22(3,4)5/h8,11-12,14-16,18,23H,6-7,9-10,13H2,1-5H3,(H,25,27)/t16-,18-. The molecule has 1 fully saturated rings. The quantitative estimate of drug-likeness (QED) is 0.798.